The van der Waals surface area contributed by atoms with Gasteiger partial charge >= 0.3 is 0 Å². The van der Waals surface area contributed by atoms with Gasteiger partial charge in [-0.25, -0.2) is 4.98 Å². The Morgan fingerprint density at radius 2 is 2.16 bits per heavy atom. The molecule has 0 radical (unpaired) electrons. The molecule has 3 aliphatic heterocycles. The number of nitrogens with zero attached hydrogens (tertiary/aromatic N) is 3. The number of nitrogens with two attached hydrogens (primary N) is 1. The molecule has 4 rings (SSSR count). The maximum Gasteiger partial charge on any atom is 0.276 e. The summed E-state index contributed by atoms with van der Waals surface area (Å²) in [6, 6.07) is -0.849. The van der Waals surface area contributed by atoms with Crippen LogP contribution >= 0.6 is 35.7 Å². The molecule has 2 atom stereocenters. The number of amides is 2. The summed E-state index contributed by atoms with van der Waals surface area (Å²) in [5, 5.41) is 15.7. The van der Waals surface area contributed by atoms with Crippen molar-refractivity contribution in [2.24, 2.45) is 11.1 Å². The SMILES string of the molecule is Nc1nc(/C(=N/O)C(=O)NC2C(=O)N3C(C(=O)S)=C(CC4CCOCC4)CS[C@H]23)cs1. The highest BCUT2D eigenvalue weighted by Crippen LogP contribution is 2.43. The van der Waals surface area contributed by atoms with Crippen molar-refractivity contribution in [3.8, 4) is 0 Å². The van der Waals surface area contributed by atoms with Crippen LogP contribution in [0.5, 0.6) is 0 Å². The zero-order valence-electron chi connectivity index (χ0n) is 16.3. The van der Waals surface area contributed by atoms with E-state index in [1.807, 2.05) is 0 Å². The summed E-state index contributed by atoms with van der Waals surface area (Å²) in [6.45, 7) is 1.40. The van der Waals surface area contributed by atoms with Crippen molar-refractivity contribution in [2.45, 2.75) is 30.7 Å². The third kappa shape index (κ3) is 4.31. The van der Waals surface area contributed by atoms with Crippen LogP contribution in [0.25, 0.3) is 0 Å². The molecular weight excluding hydrogens is 462 g/mol. The number of thiol groups is 1. The second-order valence-corrected chi connectivity index (χ2v) is 9.80. The number of rotatable bonds is 6. The molecule has 1 unspecified atom stereocenters. The largest absolute Gasteiger partial charge is 0.410 e. The van der Waals surface area contributed by atoms with E-state index in [2.05, 4.69) is 28.1 Å². The molecule has 4 N–H and O–H groups in total. The molecule has 2 fully saturated rings. The van der Waals surface area contributed by atoms with Crippen molar-refractivity contribution in [1.29, 1.82) is 0 Å². The van der Waals surface area contributed by atoms with Crippen molar-refractivity contribution in [3.63, 3.8) is 0 Å². The van der Waals surface area contributed by atoms with E-state index in [1.54, 1.807) is 0 Å². The van der Waals surface area contributed by atoms with Gasteiger partial charge in [0.05, 0.1) is 5.70 Å². The number of carbonyl (C=O) groups excluding carboxylic acids is 3. The number of anilines is 1. The number of hydrogen-bond acceptors (Lipinski definition) is 10. The van der Waals surface area contributed by atoms with Gasteiger partial charge in [-0.2, -0.15) is 0 Å². The minimum absolute atomic E-state index is 0.118. The third-order valence-corrected chi connectivity index (χ3v) is 7.72. The molecule has 13 heteroatoms. The van der Waals surface area contributed by atoms with E-state index in [9.17, 15) is 19.6 Å². The first-order valence-corrected chi connectivity index (χ1v) is 12.0. The number of β-lactam (4-membered cyclic amide) rings is 1. The van der Waals surface area contributed by atoms with Crippen molar-refractivity contribution < 1.29 is 24.3 Å². The maximum absolute atomic E-state index is 12.9. The van der Waals surface area contributed by atoms with Gasteiger partial charge in [0.2, 0.25) is 5.12 Å². The van der Waals surface area contributed by atoms with Crippen molar-refractivity contribution in [2.75, 3.05) is 24.7 Å². The van der Waals surface area contributed by atoms with Crippen LogP contribution in [0.3, 0.4) is 0 Å². The topological polar surface area (TPSA) is 147 Å². The number of carbonyl (C=O) groups is 3. The quantitative estimate of drug-likeness (QED) is 0.153. The average molecular weight is 484 g/mol. The molecule has 2 saturated heterocycles. The normalized spacial score (nSPS) is 24.6. The highest BCUT2D eigenvalue weighted by atomic mass is 32.2. The molecule has 3 aliphatic rings. The van der Waals surface area contributed by atoms with Gasteiger partial charge in [-0.3, -0.25) is 19.3 Å². The highest BCUT2D eigenvalue weighted by molar-refractivity contribution is 8.00. The standard InChI is InChI=1S/C18H21N5O5S3/c19-18-20-10(7-31-18)11(22-27)14(24)21-12-15(25)23-13(17(26)29)9(6-30-16(12)23)5-8-1-3-28-4-2-8/h7-8,12,16,27H,1-6H2,(H2,19,20)(H,21,24)(H,26,29)/b22-11-/t12?,16-/m1/s1. The summed E-state index contributed by atoms with van der Waals surface area (Å²) >= 11 is 6.59. The summed E-state index contributed by atoms with van der Waals surface area (Å²) < 4.78 is 5.40. The number of nitrogen functional groups attached to an aromatic ring is 1. The second kappa shape index (κ2) is 9.18. The van der Waals surface area contributed by atoms with Gasteiger partial charge in [-0.1, -0.05) is 17.8 Å². The Balaban J connectivity index is 1.48. The Labute approximate surface area is 191 Å². The molecule has 0 saturated carbocycles. The summed E-state index contributed by atoms with van der Waals surface area (Å²) in [6.07, 6.45) is 2.56. The lowest BCUT2D eigenvalue weighted by molar-refractivity contribution is -0.146. The van der Waals surface area contributed by atoms with E-state index >= 15 is 0 Å². The smallest absolute Gasteiger partial charge is 0.276 e. The molecule has 4 heterocycles. The number of thioether (sulfide) groups is 1. The van der Waals surface area contributed by atoms with E-state index in [0.29, 0.717) is 30.6 Å². The second-order valence-electron chi connectivity index (χ2n) is 7.40. The molecule has 1 aromatic heterocycles. The fraction of sp³-hybridized carbons (Fsp3) is 0.500. The van der Waals surface area contributed by atoms with Crippen LogP contribution in [-0.4, -0.2) is 68.1 Å². The average Bonchev–Trinajstić information content (AvgIpc) is 3.18. The van der Waals surface area contributed by atoms with Gasteiger partial charge in [-0.15, -0.1) is 23.1 Å². The highest BCUT2D eigenvalue weighted by Gasteiger charge is 2.54. The van der Waals surface area contributed by atoms with Crippen molar-refractivity contribution >= 4 is 63.5 Å². The van der Waals surface area contributed by atoms with E-state index in [1.165, 1.54) is 22.0 Å². The zero-order chi connectivity index (χ0) is 22.1. The molecule has 0 bridgehead atoms. The number of hydrogen-bond donors (Lipinski definition) is 4. The van der Waals surface area contributed by atoms with Gasteiger partial charge in [0.15, 0.2) is 10.8 Å². The van der Waals surface area contributed by atoms with Crippen molar-refractivity contribution in [1.82, 2.24) is 15.2 Å². The molecule has 31 heavy (non-hydrogen) atoms. The van der Waals surface area contributed by atoms with E-state index in [4.69, 9.17) is 10.5 Å². The zero-order valence-corrected chi connectivity index (χ0v) is 18.8. The lowest BCUT2D eigenvalue weighted by Gasteiger charge is -2.50. The number of oxime groups is 1. The van der Waals surface area contributed by atoms with Crippen LogP contribution in [-0.2, 0) is 19.1 Å². The minimum atomic E-state index is -0.849. The van der Waals surface area contributed by atoms with Gasteiger partial charge in [0.1, 0.15) is 17.1 Å². The molecule has 0 aliphatic carbocycles. The number of nitrogens with one attached hydrogen (secondary N) is 1. The van der Waals surface area contributed by atoms with Crippen LogP contribution in [0.2, 0.25) is 0 Å². The number of thiazole rings is 1. The molecule has 2 amide bonds. The third-order valence-electron chi connectivity index (χ3n) is 5.49. The van der Waals surface area contributed by atoms with Gasteiger partial charge in [0.25, 0.3) is 11.8 Å². The van der Waals surface area contributed by atoms with Crippen LogP contribution < -0.4 is 11.1 Å². The maximum atomic E-state index is 12.9. The molecular formula is C18H21N5O5S3. The van der Waals surface area contributed by atoms with E-state index in [-0.39, 0.29) is 16.5 Å². The van der Waals surface area contributed by atoms with Gasteiger partial charge < -0.3 is 21.0 Å². The molecule has 0 spiro atoms. The fourth-order valence-electron chi connectivity index (χ4n) is 3.96. The predicted octanol–water partition coefficient (Wildman–Crippen LogP) is 0.831. The van der Waals surface area contributed by atoms with Crippen LogP contribution in [0, 0.1) is 5.92 Å². The van der Waals surface area contributed by atoms with Crippen LogP contribution in [0.4, 0.5) is 5.13 Å². The molecule has 1 aromatic rings. The van der Waals surface area contributed by atoms with Crippen molar-refractivity contribution in [3.05, 3.63) is 22.3 Å². The Bertz CT molecular complexity index is 972. The first kappa shape index (κ1) is 22.1. The first-order valence-electron chi connectivity index (χ1n) is 9.62. The summed E-state index contributed by atoms with van der Waals surface area (Å²) in [4.78, 5) is 43.1. The van der Waals surface area contributed by atoms with Crippen LogP contribution in [0.1, 0.15) is 25.0 Å². The first-order chi connectivity index (χ1) is 14.9. The van der Waals surface area contributed by atoms with E-state index in [0.717, 1.165) is 36.2 Å². The Hall–Kier alpha value is -2.09. The lowest BCUT2D eigenvalue weighted by Crippen LogP contribution is -2.70. The molecule has 0 aromatic carbocycles. The predicted molar refractivity (Wildman–Crippen MR) is 119 cm³/mol. The monoisotopic (exact) mass is 483 g/mol. The van der Waals surface area contributed by atoms with E-state index < -0.39 is 28.3 Å². The number of ether oxygens (including phenoxy) is 1. The summed E-state index contributed by atoms with van der Waals surface area (Å²) in [5.74, 6) is -0.169. The number of fused-ring (bicyclic) bond motifs is 1. The van der Waals surface area contributed by atoms with Crippen LogP contribution in [0.15, 0.2) is 21.8 Å². The summed E-state index contributed by atoms with van der Waals surface area (Å²) in [7, 11) is 0. The van der Waals surface area contributed by atoms with Gasteiger partial charge in [-0.05, 0) is 30.8 Å². The lowest BCUT2D eigenvalue weighted by atomic mass is 9.91. The fourth-order valence-corrected chi connectivity index (χ4v) is 6.13. The Morgan fingerprint density at radius 1 is 1.42 bits per heavy atom. The molecule has 166 valence electrons. The Morgan fingerprint density at radius 3 is 2.77 bits per heavy atom. The Kier molecular flexibility index (Phi) is 6.55. The van der Waals surface area contributed by atoms with Gasteiger partial charge in [0, 0.05) is 24.3 Å². The minimum Gasteiger partial charge on any atom is -0.410 e. The number of aromatic nitrogens is 1. The molecule has 10 nitrogen and oxygen atoms in total. The summed E-state index contributed by atoms with van der Waals surface area (Å²) in [5.41, 5.74) is 6.57.